The molecule has 1 aromatic carbocycles. The van der Waals surface area contributed by atoms with Crippen LogP contribution in [0, 0.1) is 0 Å². The Hall–Kier alpha value is -2.55. The van der Waals surface area contributed by atoms with Crippen molar-refractivity contribution < 1.29 is 23.2 Å². The fourth-order valence-corrected chi connectivity index (χ4v) is 1.48. The number of carbonyl (C=O) groups is 1. The van der Waals surface area contributed by atoms with Gasteiger partial charge in [0, 0.05) is 5.56 Å². The van der Waals surface area contributed by atoms with Crippen LogP contribution in [0.25, 0.3) is 6.08 Å². The van der Waals surface area contributed by atoms with Gasteiger partial charge in [-0.1, -0.05) is 18.2 Å². The van der Waals surface area contributed by atoms with Crippen molar-refractivity contribution in [2.45, 2.75) is 0 Å². The molecule has 1 aliphatic heterocycles. The third kappa shape index (κ3) is 5.55. The molecular formula is C10H11N3O5S. The van der Waals surface area contributed by atoms with Gasteiger partial charge in [0.25, 0.3) is 0 Å². The second kappa shape index (κ2) is 7.01. The zero-order valence-corrected chi connectivity index (χ0v) is 10.4. The summed E-state index contributed by atoms with van der Waals surface area (Å²) in [4.78, 5) is 14.0. The van der Waals surface area contributed by atoms with Gasteiger partial charge in [-0.25, -0.2) is 10.3 Å². The molecule has 0 aromatic heterocycles. The minimum absolute atomic E-state index is 0.0600. The smallest absolute Gasteiger partial charge is 0.402 e. The van der Waals surface area contributed by atoms with Gasteiger partial charge in [0.15, 0.2) is 5.75 Å². The molecule has 0 fully saturated rings. The highest BCUT2D eigenvalue weighted by Crippen LogP contribution is 2.23. The average molecular weight is 285 g/mol. The lowest BCUT2D eigenvalue weighted by Crippen LogP contribution is -2.23. The maximum absolute atomic E-state index is 10.2. The molecule has 0 saturated heterocycles. The summed E-state index contributed by atoms with van der Waals surface area (Å²) in [5.74, 6) is 0.712. The van der Waals surface area contributed by atoms with E-state index >= 15 is 0 Å². The zero-order valence-electron chi connectivity index (χ0n) is 9.61. The number of nitrogens with one attached hydrogen (secondary N) is 1. The topological polar surface area (TPSA) is 131 Å². The standard InChI is InChI=1S/C9H8N2O3S.CH3NO2/c12-15(13)10-6-8-5-7-3-1-2-4-9(7)14-11-8;2-1(3)4/h1-5,11H,6H2;2H2,(H,3,4). The molecule has 4 N–H and O–H groups in total. The van der Waals surface area contributed by atoms with Crippen LogP contribution < -0.4 is 16.1 Å². The summed E-state index contributed by atoms with van der Waals surface area (Å²) < 4.78 is 23.8. The van der Waals surface area contributed by atoms with Crippen LogP contribution in [0.4, 0.5) is 4.79 Å². The largest absolute Gasteiger partial charge is 0.465 e. The van der Waals surface area contributed by atoms with Crippen LogP contribution in [0.3, 0.4) is 0 Å². The summed E-state index contributed by atoms with van der Waals surface area (Å²) in [5.41, 5.74) is 8.16. The van der Waals surface area contributed by atoms with Crippen molar-refractivity contribution in [1.29, 1.82) is 0 Å². The summed E-state index contributed by atoms with van der Waals surface area (Å²) in [5, 5.41) is 7.19. The predicted octanol–water partition coefficient (Wildman–Crippen LogP) is 0.610. The molecule has 0 spiro atoms. The van der Waals surface area contributed by atoms with Crippen molar-refractivity contribution in [3.8, 4) is 5.75 Å². The van der Waals surface area contributed by atoms with Gasteiger partial charge in [-0.05, 0) is 12.1 Å². The number of para-hydroxylation sites is 1. The molecule has 1 amide bonds. The molecule has 9 heteroatoms. The van der Waals surface area contributed by atoms with Gasteiger partial charge in [-0.15, -0.1) is 0 Å². The molecule has 0 unspecified atom stereocenters. The Labute approximate surface area is 110 Å². The van der Waals surface area contributed by atoms with E-state index in [0.717, 1.165) is 5.56 Å². The minimum Gasteiger partial charge on any atom is -0.465 e. The molecule has 0 bridgehead atoms. The van der Waals surface area contributed by atoms with Crippen molar-refractivity contribution in [3.05, 3.63) is 35.5 Å². The van der Waals surface area contributed by atoms with Crippen LogP contribution >= 0.6 is 0 Å². The molecule has 0 radical (unpaired) electrons. The second-order valence-corrected chi connectivity index (χ2v) is 3.95. The van der Waals surface area contributed by atoms with Crippen LogP contribution in [-0.4, -0.2) is 26.2 Å². The van der Waals surface area contributed by atoms with E-state index < -0.39 is 16.6 Å². The van der Waals surface area contributed by atoms with Crippen LogP contribution in [0.5, 0.6) is 5.75 Å². The molecular weight excluding hydrogens is 274 g/mol. The summed E-state index contributed by atoms with van der Waals surface area (Å²) in [6, 6.07) is 7.43. The van der Waals surface area contributed by atoms with Gasteiger partial charge in [-0.3, -0.25) is 0 Å². The number of nitrogens with two attached hydrogens (primary N) is 1. The number of amides is 1. The monoisotopic (exact) mass is 285 g/mol. The Morgan fingerprint density at radius 2 is 2.05 bits per heavy atom. The van der Waals surface area contributed by atoms with E-state index in [2.05, 4.69) is 15.6 Å². The van der Waals surface area contributed by atoms with E-state index in [1.807, 2.05) is 24.3 Å². The van der Waals surface area contributed by atoms with Crippen molar-refractivity contribution in [3.63, 3.8) is 0 Å². The number of rotatable bonds is 2. The highest BCUT2D eigenvalue weighted by Gasteiger charge is 2.09. The fourth-order valence-electron chi connectivity index (χ4n) is 1.23. The van der Waals surface area contributed by atoms with Gasteiger partial charge in [-0.2, -0.15) is 12.8 Å². The summed E-state index contributed by atoms with van der Waals surface area (Å²) in [6.45, 7) is 0.0600. The Bertz CT molecular complexity index is 612. The number of carboxylic acid groups (broad SMARTS) is 1. The maximum atomic E-state index is 10.2. The molecule has 8 nitrogen and oxygen atoms in total. The molecule has 1 aromatic rings. The lowest BCUT2D eigenvalue weighted by molar-refractivity contribution is 0.205. The second-order valence-electron chi connectivity index (χ2n) is 3.25. The van der Waals surface area contributed by atoms with E-state index in [0.29, 0.717) is 11.4 Å². The number of nitrogens with zero attached hydrogens (tertiary/aromatic N) is 1. The summed E-state index contributed by atoms with van der Waals surface area (Å²) in [7, 11) is -2.39. The van der Waals surface area contributed by atoms with E-state index in [1.54, 1.807) is 6.08 Å². The van der Waals surface area contributed by atoms with E-state index in [4.69, 9.17) is 14.7 Å². The predicted molar refractivity (Wildman–Crippen MR) is 66.6 cm³/mol. The zero-order chi connectivity index (χ0) is 14.3. The molecule has 0 aliphatic carbocycles. The van der Waals surface area contributed by atoms with Gasteiger partial charge in [0.2, 0.25) is 0 Å². The minimum atomic E-state index is -2.39. The highest BCUT2D eigenvalue weighted by molar-refractivity contribution is 7.61. The first kappa shape index (κ1) is 14.5. The first-order valence-electron chi connectivity index (χ1n) is 4.97. The van der Waals surface area contributed by atoms with Crippen LogP contribution in [-0.2, 0) is 10.5 Å². The molecule has 2 rings (SSSR count). The molecule has 1 aliphatic rings. The van der Waals surface area contributed by atoms with Gasteiger partial charge >= 0.3 is 16.6 Å². The maximum Gasteiger partial charge on any atom is 0.402 e. The SMILES string of the molecule is NC(=O)O.O=S(=O)=NCC1=Cc2ccccc2ON1. The van der Waals surface area contributed by atoms with Crippen molar-refractivity contribution in [1.82, 2.24) is 5.48 Å². The van der Waals surface area contributed by atoms with E-state index in [9.17, 15) is 8.42 Å². The lowest BCUT2D eigenvalue weighted by Gasteiger charge is -2.16. The Kier molecular flexibility index (Phi) is 5.35. The number of hydrogen-bond acceptors (Lipinski definition) is 6. The first-order chi connectivity index (χ1) is 8.99. The molecule has 1 heterocycles. The van der Waals surface area contributed by atoms with Gasteiger partial charge < -0.3 is 15.7 Å². The molecule has 102 valence electrons. The molecule has 0 saturated carbocycles. The number of hydroxylamine groups is 1. The number of primary amides is 1. The number of fused-ring (bicyclic) bond motifs is 1. The number of benzene rings is 1. The number of hydrogen-bond donors (Lipinski definition) is 3. The molecule has 19 heavy (non-hydrogen) atoms. The Balaban J connectivity index is 0.000000399. The van der Waals surface area contributed by atoms with E-state index in [-0.39, 0.29) is 6.54 Å². The van der Waals surface area contributed by atoms with Crippen molar-refractivity contribution in [2.24, 2.45) is 10.1 Å². The summed E-state index contributed by atoms with van der Waals surface area (Å²) in [6.07, 6.45) is 0.467. The van der Waals surface area contributed by atoms with Crippen LogP contribution in [0.1, 0.15) is 5.56 Å². The Morgan fingerprint density at radius 1 is 1.42 bits per heavy atom. The highest BCUT2D eigenvalue weighted by atomic mass is 32.2. The van der Waals surface area contributed by atoms with Gasteiger partial charge in [0.05, 0.1) is 12.2 Å². The Morgan fingerprint density at radius 3 is 2.68 bits per heavy atom. The van der Waals surface area contributed by atoms with Gasteiger partial charge in [0.1, 0.15) is 0 Å². The van der Waals surface area contributed by atoms with Crippen LogP contribution in [0.2, 0.25) is 0 Å². The normalized spacial score (nSPS) is 11.5. The quantitative estimate of drug-likeness (QED) is 0.729. The lowest BCUT2D eigenvalue weighted by atomic mass is 10.1. The third-order valence-electron chi connectivity index (χ3n) is 1.88. The summed E-state index contributed by atoms with van der Waals surface area (Å²) >= 11 is 0. The van der Waals surface area contributed by atoms with Crippen molar-refractivity contribution >= 4 is 22.7 Å². The third-order valence-corrected chi connectivity index (χ3v) is 2.22. The average Bonchev–Trinajstić information content (AvgIpc) is 2.35. The fraction of sp³-hybridized carbons (Fsp3) is 0.100. The van der Waals surface area contributed by atoms with E-state index in [1.165, 1.54) is 0 Å². The first-order valence-corrected chi connectivity index (χ1v) is 6.00. The van der Waals surface area contributed by atoms with Crippen molar-refractivity contribution in [2.75, 3.05) is 6.54 Å². The molecule has 0 atom stereocenters. The van der Waals surface area contributed by atoms with Crippen LogP contribution in [0.15, 0.2) is 34.3 Å².